The minimum Gasteiger partial charge on any atom is -0.481 e. The first-order valence-electron chi connectivity index (χ1n) is 7.11. The molecule has 0 saturated carbocycles. The van der Waals surface area contributed by atoms with Crippen LogP contribution in [-0.4, -0.2) is 22.4 Å². The van der Waals surface area contributed by atoms with Crippen LogP contribution in [0, 0.1) is 0 Å². The van der Waals surface area contributed by atoms with E-state index >= 15 is 0 Å². The Morgan fingerprint density at radius 2 is 1.96 bits per heavy atom. The average Bonchev–Trinajstić information content (AvgIpc) is 2.83. The maximum absolute atomic E-state index is 12.4. The number of carboxylic acid groups (broad SMARTS) is 1. The van der Waals surface area contributed by atoms with E-state index in [4.69, 9.17) is 11.6 Å². The minimum atomic E-state index is -4.83. The second-order valence-electron chi connectivity index (χ2n) is 5.31. The highest BCUT2D eigenvalue weighted by atomic mass is 35.5. The molecule has 0 aliphatic heterocycles. The van der Waals surface area contributed by atoms with Crippen molar-refractivity contribution in [1.82, 2.24) is 4.98 Å². The first kappa shape index (κ1) is 17.2. The minimum absolute atomic E-state index is 0.346. The standard InChI is InChI=1S/C17H11ClF3NO3/c18-10-3-1-2-9(6-10)16-13(8-15(23)24)12-7-11(25-17(19,20)21)4-5-14(12)22-16/h1-7,22H,8H2,(H,23,24). The van der Waals surface area contributed by atoms with Crippen LogP contribution >= 0.6 is 11.6 Å². The van der Waals surface area contributed by atoms with Gasteiger partial charge in [-0.05, 0) is 41.5 Å². The van der Waals surface area contributed by atoms with Crippen molar-refractivity contribution in [2.75, 3.05) is 0 Å². The molecule has 1 heterocycles. The molecule has 0 atom stereocenters. The van der Waals surface area contributed by atoms with Crippen LogP contribution in [-0.2, 0) is 11.2 Å². The predicted molar refractivity (Wildman–Crippen MR) is 86.8 cm³/mol. The van der Waals surface area contributed by atoms with Crippen LogP contribution in [0.4, 0.5) is 13.2 Å². The summed E-state index contributed by atoms with van der Waals surface area (Å²) in [6.45, 7) is 0. The Bertz CT molecular complexity index is 950. The highest BCUT2D eigenvalue weighted by Crippen LogP contribution is 2.35. The zero-order chi connectivity index (χ0) is 18.2. The first-order valence-corrected chi connectivity index (χ1v) is 7.49. The summed E-state index contributed by atoms with van der Waals surface area (Å²) in [5.41, 5.74) is 1.99. The molecule has 0 amide bonds. The van der Waals surface area contributed by atoms with Gasteiger partial charge in [0.2, 0.25) is 0 Å². The third kappa shape index (κ3) is 3.88. The van der Waals surface area contributed by atoms with Gasteiger partial charge in [0.1, 0.15) is 5.75 Å². The number of halogens is 4. The molecular weight excluding hydrogens is 359 g/mol. The van der Waals surface area contributed by atoms with Crippen molar-refractivity contribution in [3.63, 3.8) is 0 Å². The normalized spacial score (nSPS) is 11.7. The zero-order valence-corrected chi connectivity index (χ0v) is 13.3. The first-order chi connectivity index (χ1) is 11.7. The fraction of sp³-hybridized carbons (Fsp3) is 0.118. The number of aromatic amines is 1. The lowest BCUT2D eigenvalue weighted by atomic mass is 10.0. The fourth-order valence-corrected chi connectivity index (χ4v) is 2.84. The summed E-state index contributed by atoms with van der Waals surface area (Å²) < 4.78 is 41.2. The number of aromatic nitrogens is 1. The van der Waals surface area contributed by atoms with E-state index in [2.05, 4.69) is 9.72 Å². The van der Waals surface area contributed by atoms with Crippen LogP contribution < -0.4 is 4.74 Å². The summed E-state index contributed by atoms with van der Waals surface area (Å²) in [5, 5.41) is 9.98. The van der Waals surface area contributed by atoms with Gasteiger partial charge in [0.15, 0.2) is 0 Å². The van der Waals surface area contributed by atoms with Crippen molar-refractivity contribution in [2.24, 2.45) is 0 Å². The summed E-state index contributed by atoms with van der Waals surface area (Å²) in [6.07, 6.45) is -5.19. The van der Waals surface area contributed by atoms with Crippen LogP contribution in [0.25, 0.3) is 22.2 Å². The number of H-pyrrole nitrogens is 1. The van der Waals surface area contributed by atoms with Gasteiger partial charge in [-0.15, -0.1) is 13.2 Å². The highest BCUT2D eigenvalue weighted by Gasteiger charge is 2.31. The third-order valence-electron chi connectivity index (χ3n) is 3.55. The molecule has 0 saturated heterocycles. The number of rotatable bonds is 4. The maximum atomic E-state index is 12.4. The van der Waals surface area contributed by atoms with Crippen LogP contribution in [0.15, 0.2) is 42.5 Å². The van der Waals surface area contributed by atoms with Crippen molar-refractivity contribution in [2.45, 2.75) is 12.8 Å². The number of carboxylic acids is 1. The number of fused-ring (bicyclic) bond motifs is 1. The number of carbonyl (C=O) groups is 1. The SMILES string of the molecule is O=C(O)Cc1c(-c2cccc(Cl)c2)[nH]c2ccc(OC(F)(F)F)cc12. The summed E-state index contributed by atoms with van der Waals surface area (Å²) in [7, 11) is 0. The number of hydrogen-bond acceptors (Lipinski definition) is 2. The van der Waals surface area contributed by atoms with Crippen LogP contribution in [0.1, 0.15) is 5.56 Å². The Kier molecular flexibility index (Phi) is 4.34. The molecule has 0 radical (unpaired) electrons. The summed E-state index contributed by atoms with van der Waals surface area (Å²) in [6, 6.07) is 10.5. The number of alkyl halides is 3. The lowest BCUT2D eigenvalue weighted by Crippen LogP contribution is -2.17. The monoisotopic (exact) mass is 369 g/mol. The zero-order valence-electron chi connectivity index (χ0n) is 12.5. The molecule has 1 aromatic heterocycles. The smallest absolute Gasteiger partial charge is 0.481 e. The van der Waals surface area contributed by atoms with Crippen molar-refractivity contribution in [3.8, 4) is 17.0 Å². The number of aliphatic carboxylic acids is 1. The molecule has 0 bridgehead atoms. The van der Waals surface area contributed by atoms with Crippen LogP contribution in [0.2, 0.25) is 5.02 Å². The molecule has 2 aromatic carbocycles. The third-order valence-corrected chi connectivity index (χ3v) is 3.79. The van der Waals surface area contributed by atoms with Crippen molar-refractivity contribution in [1.29, 1.82) is 0 Å². The molecule has 0 aliphatic rings. The van der Waals surface area contributed by atoms with Crippen molar-refractivity contribution >= 4 is 28.5 Å². The van der Waals surface area contributed by atoms with E-state index in [9.17, 15) is 23.1 Å². The molecule has 4 nitrogen and oxygen atoms in total. The van der Waals surface area contributed by atoms with Crippen LogP contribution in [0.3, 0.4) is 0 Å². The number of nitrogens with one attached hydrogen (secondary N) is 1. The van der Waals surface area contributed by atoms with Gasteiger partial charge in [-0.25, -0.2) is 0 Å². The van der Waals surface area contributed by atoms with E-state index in [0.29, 0.717) is 32.7 Å². The second-order valence-corrected chi connectivity index (χ2v) is 5.75. The van der Waals surface area contributed by atoms with Gasteiger partial charge in [-0.3, -0.25) is 4.79 Å². The largest absolute Gasteiger partial charge is 0.573 e. The van der Waals surface area contributed by atoms with E-state index in [1.807, 2.05) is 0 Å². The topological polar surface area (TPSA) is 62.3 Å². The number of benzene rings is 2. The van der Waals surface area contributed by atoms with Gasteiger partial charge in [0.25, 0.3) is 0 Å². The molecule has 3 aromatic rings. The Morgan fingerprint density at radius 1 is 1.20 bits per heavy atom. The van der Waals surface area contributed by atoms with Gasteiger partial charge in [0.05, 0.1) is 12.1 Å². The molecule has 0 aliphatic carbocycles. The quantitative estimate of drug-likeness (QED) is 0.679. The summed E-state index contributed by atoms with van der Waals surface area (Å²) >= 11 is 5.97. The number of ether oxygens (including phenoxy) is 1. The molecule has 25 heavy (non-hydrogen) atoms. The summed E-state index contributed by atoms with van der Waals surface area (Å²) in [5.74, 6) is -1.52. The van der Waals surface area contributed by atoms with Crippen molar-refractivity contribution < 1.29 is 27.8 Å². The fourth-order valence-electron chi connectivity index (χ4n) is 2.65. The van der Waals surface area contributed by atoms with E-state index in [1.54, 1.807) is 24.3 Å². The second kappa shape index (κ2) is 6.33. The summed E-state index contributed by atoms with van der Waals surface area (Å²) in [4.78, 5) is 14.3. The number of hydrogen-bond donors (Lipinski definition) is 2. The van der Waals surface area contributed by atoms with Gasteiger partial charge >= 0.3 is 12.3 Å². The Morgan fingerprint density at radius 3 is 2.60 bits per heavy atom. The van der Waals surface area contributed by atoms with Gasteiger partial charge in [0, 0.05) is 15.9 Å². The Labute approximate surface area is 144 Å². The molecule has 2 N–H and O–H groups in total. The van der Waals surface area contributed by atoms with Gasteiger partial charge in [-0.1, -0.05) is 23.7 Å². The molecule has 8 heteroatoms. The van der Waals surface area contributed by atoms with Gasteiger partial charge < -0.3 is 14.8 Å². The van der Waals surface area contributed by atoms with E-state index in [0.717, 1.165) is 0 Å². The molecular formula is C17H11ClF3NO3. The Hall–Kier alpha value is -2.67. The molecule has 0 spiro atoms. The molecule has 3 rings (SSSR count). The van der Waals surface area contributed by atoms with E-state index < -0.39 is 18.1 Å². The predicted octanol–water partition coefficient (Wildman–Crippen LogP) is 5.01. The van der Waals surface area contributed by atoms with E-state index in [1.165, 1.54) is 18.2 Å². The van der Waals surface area contributed by atoms with E-state index in [-0.39, 0.29) is 6.42 Å². The van der Waals surface area contributed by atoms with Gasteiger partial charge in [-0.2, -0.15) is 0 Å². The lowest BCUT2D eigenvalue weighted by Gasteiger charge is -2.09. The van der Waals surface area contributed by atoms with Crippen molar-refractivity contribution in [3.05, 3.63) is 53.1 Å². The molecule has 0 fully saturated rings. The molecule has 130 valence electrons. The highest BCUT2D eigenvalue weighted by molar-refractivity contribution is 6.30. The lowest BCUT2D eigenvalue weighted by molar-refractivity contribution is -0.274. The maximum Gasteiger partial charge on any atom is 0.573 e. The Balaban J connectivity index is 2.18. The van der Waals surface area contributed by atoms with Crippen LogP contribution in [0.5, 0.6) is 5.75 Å². The molecule has 0 unspecified atom stereocenters. The average molecular weight is 370 g/mol.